The summed E-state index contributed by atoms with van der Waals surface area (Å²) in [5, 5.41) is 3.52. The van der Waals surface area contributed by atoms with Crippen LogP contribution in [0.2, 0.25) is 0 Å². The van der Waals surface area contributed by atoms with Gasteiger partial charge in [0, 0.05) is 55.8 Å². The van der Waals surface area contributed by atoms with Crippen molar-refractivity contribution in [2.24, 2.45) is 0 Å². The van der Waals surface area contributed by atoms with Crippen molar-refractivity contribution in [2.75, 3.05) is 46.0 Å². The molecule has 1 N–H and O–H groups in total. The van der Waals surface area contributed by atoms with Crippen LogP contribution in [0.5, 0.6) is 11.5 Å². The lowest BCUT2D eigenvalue weighted by Crippen LogP contribution is -2.20. The van der Waals surface area contributed by atoms with E-state index in [0.29, 0.717) is 54.6 Å². The third-order valence-corrected chi connectivity index (χ3v) is 5.21. The Morgan fingerprint density at radius 2 is 1.62 bits per heavy atom. The molecule has 0 spiro atoms. The first-order valence-electron chi connectivity index (χ1n) is 11.4. The Morgan fingerprint density at radius 1 is 0.865 bits per heavy atom. The van der Waals surface area contributed by atoms with Gasteiger partial charge in [-0.1, -0.05) is 6.07 Å². The van der Waals surface area contributed by atoms with Gasteiger partial charge in [0.2, 0.25) is 11.6 Å². The monoisotopic (exact) mass is 506 g/mol. The number of hydrogen-bond donors (Lipinski definition) is 1. The highest BCUT2D eigenvalue weighted by atomic mass is 16.5. The van der Waals surface area contributed by atoms with E-state index in [2.05, 4.69) is 20.3 Å². The zero-order valence-electron chi connectivity index (χ0n) is 20.4. The van der Waals surface area contributed by atoms with Crippen molar-refractivity contribution in [2.45, 2.75) is 6.61 Å². The van der Waals surface area contributed by atoms with Gasteiger partial charge in [0.1, 0.15) is 32.0 Å². The molecule has 1 aromatic carbocycles. The van der Waals surface area contributed by atoms with Crippen LogP contribution in [0, 0.1) is 0 Å². The fourth-order valence-corrected chi connectivity index (χ4v) is 3.38. The Balaban J connectivity index is 1.54. The number of carbonyl (C=O) groups excluding carboxylic acids is 2. The third kappa shape index (κ3) is 6.66. The second-order valence-electron chi connectivity index (χ2n) is 7.79. The lowest BCUT2D eigenvalue weighted by molar-refractivity contribution is -0.117. The van der Waals surface area contributed by atoms with Gasteiger partial charge in [0.15, 0.2) is 17.3 Å². The molecule has 0 radical (unpaired) electrons. The number of aromatic nitrogens is 3. The quantitative estimate of drug-likeness (QED) is 0.271. The van der Waals surface area contributed by atoms with Crippen LogP contribution < -0.4 is 14.8 Å². The third-order valence-electron chi connectivity index (χ3n) is 5.21. The molecule has 192 valence electrons. The number of hydrogen-bond acceptors (Lipinski definition) is 11. The first-order valence-corrected chi connectivity index (χ1v) is 11.4. The molecular formula is C26H26N4O7. The molecule has 1 aliphatic rings. The predicted molar refractivity (Wildman–Crippen MR) is 133 cm³/mol. The lowest BCUT2D eigenvalue weighted by Gasteiger charge is -2.17. The zero-order chi connectivity index (χ0) is 26.0. The standard InChI is InChI=1S/C26H26N4O7/c1-33-6-8-35-24-10-18-19(12-25(24)36-9-7-34-2)28-16-29-26(18)30-20-11-22(32)23(13-21(20)31)37-15-17-4-3-5-27-14-17/h3-5,10-14,16H,6-9,15H2,1-2H3,(H,28,29,30). The number of anilines is 1. The van der Waals surface area contributed by atoms with Crippen LogP contribution in [0.1, 0.15) is 5.56 Å². The van der Waals surface area contributed by atoms with Gasteiger partial charge in [-0.2, -0.15) is 0 Å². The van der Waals surface area contributed by atoms with Gasteiger partial charge in [0.05, 0.1) is 24.4 Å². The van der Waals surface area contributed by atoms with Gasteiger partial charge < -0.3 is 29.0 Å². The number of benzene rings is 1. The van der Waals surface area contributed by atoms with Crippen LogP contribution in [0.15, 0.2) is 66.6 Å². The molecule has 0 bridgehead atoms. The Bertz CT molecular complexity index is 1330. The van der Waals surface area contributed by atoms with E-state index in [1.165, 1.54) is 12.4 Å². The van der Waals surface area contributed by atoms with Crippen LogP contribution in [0.25, 0.3) is 10.9 Å². The number of ketones is 2. The summed E-state index contributed by atoms with van der Waals surface area (Å²) < 4.78 is 27.3. The van der Waals surface area contributed by atoms with Gasteiger partial charge >= 0.3 is 0 Å². The number of nitrogens with zero attached hydrogens (tertiary/aromatic N) is 3. The van der Waals surface area contributed by atoms with Crippen LogP contribution >= 0.6 is 0 Å². The Morgan fingerprint density at radius 3 is 2.32 bits per heavy atom. The van der Waals surface area contributed by atoms with Crippen molar-refractivity contribution < 1.29 is 33.3 Å². The van der Waals surface area contributed by atoms with E-state index in [-0.39, 0.29) is 18.1 Å². The number of carbonyl (C=O) groups is 2. The molecule has 1 aliphatic carbocycles. The zero-order valence-corrected chi connectivity index (χ0v) is 20.4. The minimum Gasteiger partial charge on any atom is -0.487 e. The smallest absolute Gasteiger partial charge is 0.222 e. The topological polar surface area (TPSA) is 131 Å². The van der Waals surface area contributed by atoms with Gasteiger partial charge in [-0.05, 0) is 12.1 Å². The Kier molecular flexibility index (Phi) is 8.74. The van der Waals surface area contributed by atoms with E-state index < -0.39 is 11.6 Å². The minimum atomic E-state index is -0.443. The maximum absolute atomic E-state index is 12.8. The van der Waals surface area contributed by atoms with Crippen molar-refractivity contribution in [3.05, 3.63) is 72.2 Å². The van der Waals surface area contributed by atoms with Gasteiger partial charge in [-0.25, -0.2) is 9.97 Å². The largest absolute Gasteiger partial charge is 0.487 e. The van der Waals surface area contributed by atoms with E-state index in [4.69, 9.17) is 23.7 Å². The number of methoxy groups -OCH3 is 2. The number of fused-ring (bicyclic) bond motifs is 1. The molecule has 4 rings (SSSR count). The van der Waals surface area contributed by atoms with E-state index in [1.807, 2.05) is 6.07 Å². The normalized spacial score (nSPS) is 13.2. The number of allylic oxidation sites excluding steroid dienone is 2. The van der Waals surface area contributed by atoms with Crippen molar-refractivity contribution in [1.29, 1.82) is 0 Å². The number of nitrogens with one attached hydrogen (secondary N) is 1. The Labute approximate surface area is 213 Å². The first kappa shape index (κ1) is 25.7. The molecule has 0 fully saturated rings. The molecule has 2 heterocycles. The summed E-state index contributed by atoms with van der Waals surface area (Å²) in [5.41, 5.74) is 1.38. The fourth-order valence-electron chi connectivity index (χ4n) is 3.38. The molecule has 0 aliphatic heterocycles. The molecule has 11 nitrogen and oxygen atoms in total. The highest BCUT2D eigenvalue weighted by molar-refractivity contribution is 6.20. The van der Waals surface area contributed by atoms with Crippen LogP contribution in [0.3, 0.4) is 0 Å². The summed E-state index contributed by atoms with van der Waals surface area (Å²) in [6.45, 7) is 1.51. The van der Waals surface area contributed by atoms with Crippen LogP contribution in [-0.2, 0) is 30.4 Å². The molecule has 0 atom stereocenters. The second-order valence-corrected chi connectivity index (χ2v) is 7.79. The van der Waals surface area contributed by atoms with E-state index in [1.54, 1.807) is 44.8 Å². The predicted octanol–water partition coefficient (Wildman–Crippen LogP) is 2.62. The highest BCUT2D eigenvalue weighted by Crippen LogP contribution is 2.34. The van der Waals surface area contributed by atoms with Gasteiger partial charge in [-0.3, -0.25) is 14.6 Å². The van der Waals surface area contributed by atoms with Gasteiger partial charge in [0.25, 0.3) is 0 Å². The summed E-state index contributed by atoms with van der Waals surface area (Å²) in [4.78, 5) is 38.0. The number of ether oxygens (including phenoxy) is 5. The number of pyridine rings is 1. The average Bonchev–Trinajstić information content (AvgIpc) is 2.91. The molecule has 0 unspecified atom stereocenters. The summed E-state index contributed by atoms with van der Waals surface area (Å²) in [5.74, 6) is 0.339. The van der Waals surface area contributed by atoms with E-state index >= 15 is 0 Å². The molecular weight excluding hydrogens is 480 g/mol. The van der Waals surface area contributed by atoms with E-state index in [9.17, 15) is 9.59 Å². The number of rotatable bonds is 13. The summed E-state index contributed by atoms with van der Waals surface area (Å²) >= 11 is 0. The summed E-state index contributed by atoms with van der Waals surface area (Å²) in [6.07, 6.45) is 6.96. The SMILES string of the molecule is COCCOc1cc2ncnc(NC3=CC(=O)C(OCc4cccnc4)=CC3=O)c2cc1OCCOC. The molecule has 0 saturated heterocycles. The highest BCUT2D eigenvalue weighted by Gasteiger charge is 2.23. The maximum Gasteiger partial charge on any atom is 0.222 e. The molecule has 37 heavy (non-hydrogen) atoms. The summed E-state index contributed by atoms with van der Waals surface area (Å²) in [7, 11) is 3.16. The minimum absolute atomic E-state index is 0.0429. The van der Waals surface area contributed by atoms with Crippen molar-refractivity contribution in [1.82, 2.24) is 15.0 Å². The molecule has 0 saturated carbocycles. The van der Waals surface area contributed by atoms with Crippen molar-refractivity contribution in [3.8, 4) is 11.5 Å². The maximum atomic E-state index is 12.8. The lowest BCUT2D eigenvalue weighted by atomic mass is 10.1. The van der Waals surface area contributed by atoms with Crippen molar-refractivity contribution in [3.63, 3.8) is 0 Å². The first-order chi connectivity index (χ1) is 18.1. The van der Waals surface area contributed by atoms with E-state index in [0.717, 1.165) is 11.6 Å². The molecule has 3 aromatic rings. The molecule has 2 aromatic heterocycles. The molecule has 11 heteroatoms. The Hall–Kier alpha value is -4.35. The molecule has 0 amide bonds. The van der Waals surface area contributed by atoms with Crippen molar-refractivity contribution >= 4 is 28.3 Å². The second kappa shape index (κ2) is 12.6. The summed E-state index contributed by atoms with van der Waals surface area (Å²) in [6, 6.07) is 7.00. The van der Waals surface area contributed by atoms with Crippen LogP contribution in [0.4, 0.5) is 5.82 Å². The average molecular weight is 507 g/mol. The van der Waals surface area contributed by atoms with Crippen LogP contribution in [-0.4, -0.2) is 67.2 Å². The fraction of sp³-hybridized carbons (Fsp3) is 0.269. The van der Waals surface area contributed by atoms with Gasteiger partial charge in [-0.15, -0.1) is 0 Å².